The molecule has 0 aliphatic carbocycles. The van der Waals surface area contributed by atoms with E-state index in [9.17, 15) is 0 Å². The Balaban J connectivity index is 1.68. The third kappa shape index (κ3) is 4.07. The number of hydrogen-bond donors (Lipinski definition) is 1. The summed E-state index contributed by atoms with van der Waals surface area (Å²) in [4.78, 5) is 3.92. The van der Waals surface area contributed by atoms with Crippen LogP contribution in [0.5, 0.6) is 0 Å². The molecule has 0 amide bonds. The van der Waals surface area contributed by atoms with Crippen LogP contribution in [0.3, 0.4) is 0 Å². The quantitative estimate of drug-likeness (QED) is 0.869. The van der Waals surface area contributed by atoms with Gasteiger partial charge in [0.15, 0.2) is 0 Å². The fourth-order valence-corrected chi connectivity index (χ4v) is 2.87. The van der Waals surface area contributed by atoms with Gasteiger partial charge in [-0.15, -0.1) is 11.3 Å². The molecule has 1 saturated heterocycles. The van der Waals surface area contributed by atoms with Gasteiger partial charge in [-0.05, 0) is 25.3 Å². The Hall–Kier alpha value is -0.420. The zero-order chi connectivity index (χ0) is 12.1. The largest absolute Gasteiger partial charge is 0.376 e. The third-order valence-electron chi connectivity index (χ3n) is 3.21. The van der Waals surface area contributed by atoms with E-state index in [1.165, 1.54) is 4.88 Å². The molecule has 0 bridgehead atoms. The molecule has 0 spiro atoms. The summed E-state index contributed by atoms with van der Waals surface area (Å²) in [7, 11) is 0. The van der Waals surface area contributed by atoms with Crippen molar-refractivity contribution in [2.24, 2.45) is 0 Å². The van der Waals surface area contributed by atoms with E-state index in [-0.39, 0.29) is 0 Å². The molecule has 1 fully saturated rings. The van der Waals surface area contributed by atoms with E-state index in [0.29, 0.717) is 12.1 Å². The van der Waals surface area contributed by atoms with Crippen molar-refractivity contribution in [3.05, 3.63) is 22.4 Å². The van der Waals surface area contributed by atoms with Crippen LogP contribution >= 0.6 is 11.3 Å². The van der Waals surface area contributed by atoms with Crippen LogP contribution in [-0.4, -0.2) is 43.3 Å². The van der Waals surface area contributed by atoms with Crippen molar-refractivity contribution >= 4 is 11.3 Å². The number of rotatable bonds is 5. The smallest absolute Gasteiger partial charge is 0.0674 e. The van der Waals surface area contributed by atoms with E-state index in [2.05, 4.69) is 41.6 Å². The first-order valence-corrected chi connectivity index (χ1v) is 7.22. The van der Waals surface area contributed by atoms with Crippen LogP contribution in [0.2, 0.25) is 0 Å². The topological polar surface area (TPSA) is 24.5 Å². The minimum Gasteiger partial charge on any atom is -0.376 e. The summed E-state index contributed by atoms with van der Waals surface area (Å²) in [6, 6.07) is 4.87. The second kappa shape index (κ2) is 6.50. The SMILES string of the molecule is CC1CN(C(C)CNCc2cccs2)CCO1. The summed E-state index contributed by atoms with van der Waals surface area (Å²) >= 11 is 1.81. The highest BCUT2D eigenvalue weighted by molar-refractivity contribution is 7.09. The number of ether oxygens (including phenoxy) is 1. The first kappa shape index (κ1) is 13.0. The van der Waals surface area contributed by atoms with Crippen LogP contribution in [0, 0.1) is 0 Å². The maximum Gasteiger partial charge on any atom is 0.0674 e. The van der Waals surface area contributed by atoms with E-state index in [1.807, 2.05) is 11.3 Å². The van der Waals surface area contributed by atoms with Gasteiger partial charge in [0, 0.05) is 37.1 Å². The summed E-state index contributed by atoms with van der Waals surface area (Å²) in [6.07, 6.45) is 0.378. The molecule has 96 valence electrons. The fraction of sp³-hybridized carbons (Fsp3) is 0.692. The van der Waals surface area contributed by atoms with Gasteiger partial charge in [0.25, 0.3) is 0 Å². The first-order chi connectivity index (χ1) is 8.25. The Morgan fingerprint density at radius 2 is 2.53 bits per heavy atom. The Bertz CT molecular complexity index is 315. The van der Waals surface area contributed by atoms with Gasteiger partial charge < -0.3 is 10.1 Å². The molecule has 1 aliphatic rings. The molecule has 4 heteroatoms. The highest BCUT2D eigenvalue weighted by Gasteiger charge is 2.20. The molecular formula is C13H22N2OS. The van der Waals surface area contributed by atoms with Gasteiger partial charge in [-0.1, -0.05) is 6.07 Å². The Morgan fingerprint density at radius 3 is 3.24 bits per heavy atom. The van der Waals surface area contributed by atoms with Crippen LogP contribution in [0.1, 0.15) is 18.7 Å². The van der Waals surface area contributed by atoms with Crippen LogP contribution in [-0.2, 0) is 11.3 Å². The van der Waals surface area contributed by atoms with Gasteiger partial charge >= 0.3 is 0 Å². The van der Waals surface area contributed by atoms with Crippen molar-refractivity contribution < 1.29 is 4.74 Å². The summed E-state index contributed by atoms with van der Waals surface area (Å²) < 4.78 is 5.56. The van der Waals surface area contributed by atoms with Crippen molar-refractivity contribution in [2.45, 2.75) is 32.5 Å². The molecule has 1 aromatic heterocycles. The molecule has 2 rings (SSSR count). The third-order valence-corrected chi connectivity index (χ3v) is 4.09. The highest BCUT2D eigenvalue weighted by Crippen LogP contribution is 2.09. The average Bonchev–Trinajstić information content (AvgIpc) is 2.82. The van der Waals surface area contributed by atoms with Crippen molar-refractivity contribution in [1.82, 2.24) is 10.2 Å². The van der Waals surface area contributed by atoms with Gasteiger partial charge in [0.05, 0.1) is 12.7 Å². The summed E-state index contributed by atoms with van der Waals surface area (Å²) in [6.45, 7) is 9.47. The lowest BCUT2D eigenvalue weighted by Gasteiger charge is -2.35. The van der Waals surface area contributed by atoms with Crippen molar-refractivity contribution in [3.63, 3.8) is 0 Å². The van der Waals surface area contributed by atoms with Gasteiger partial charge in [0.2, 0.25) is 0 Å². The molecule has 2 heterocycles. The van der Waals surface area contributed by atoms with Crippen molar-refractivity contribution in [1.29, 1.82) is 0 Å². The predicted molar refractivity (Wildman–Crippen MR) is 72.5 cm³/mol. The fourth-order valence-electron chi connectivity index (χ4n) is 2.19. The van der Waals surface area contributed by atoms with Gasteiger partial charge in [0.1, 0.15) is 0 Å². The molecule has 0 radical (unpaired) electrons. The minimum atomic E-state index is 0.378. The molecule has 0 saturated carbocycles. The molecule has 1 N–H and O–H groups in total. The lowest BCUT2D eigenvalue weighted by molar-refractivity contribution is -0.0311. The van der Waals surface area contributed by atoms with Gasteiger partial charge in [-0.3, -0.25) is 4.90 Å². The lowest BCUT2D eigenvalue weighted by atomic mass is 10.2. The predicted octanol–water partition coefficient (Wildman–Crippen LogP) is 1.95. The zero-order valence-corrected chi connectivity index (χ0v) is 11.5. The molecular weight excluding hydrogens is 232 g/mol. The number of thiophene rings is 1. The minimum absolute atomic E-state index is 0.378. The van der Waals surface area contributed by atoms with Crippen molar-refractivity contribution in [3.8, 4) is 0 Å². The summed E-state index contributed by atoms with van der Waals surface area (Å²) in [5.41, 5.74) is 0. The lowest BCUT2D eigenvalue weighted by Crippen LogP contribution is -2.48. The molecule has 2 unspecified atom stereocenters. The highest BCUT2D eigenvalue weighted by atomic mass is 32.1. The summed E-state index contributed by atoms with van der Waals surface area (Å²) in [5.74, 6) is 0. The second-order valence-corrected chi connectivity index (χ2v) is 5.77. The zero-order valence-electron chi connectivity index (χ0n) is 10.7. The van der Waals surface area contributed by atoms with Gasteiger partial charge in [-0.25, -0.2) is 0 Å². The standard InChI is InChI=1S/C13H22N2OS/c1-11(15-5-6-16-12(2)10-15)8-14-9-13-4-3-7-17-13/h3-4,7,11-12,14H,5-6,8-10H2,1-2H3. The Kier molecular flexibility index (Phi) is 4.98. The number of hydrogen-bond acceptors (Lipinski definition) is 4. The second-order valence-electron chi connectivity index (χ2n) is 4.74. The normalized spacial score (nSPS) is 23.8. The first-order valence-electron chi connectivity index (χ1n) is 6.34. The van der Waals surface area contributed by atoms with Crippen LogP contribution in [0.25, 0.3) is 0 Å². The maximum absolute atomic E-state index is 5.56. The maximum atomic E-state index is 5.56. The monoisotopic (exact) mass is 254 g/mol. The Morgan fingerprint density at radius 1 is 1.65 bits per heavy atom. The van der Waals surface area contributed by atoms with E-state index in [0.717, 1.165) is 32.8 Å². The van der Waals surface area contributed by atoms with E-state index >= 15 is 0 Å². The van der Waals surface area contributed by atoms with Crippen LogP contribution in [0.15, 0.2) is 17.5 Å². The molecule has 1 aliphatic heterocycles. The van der Waals surface area contributed by atoms with Crippen LogP contribution < -0.4 is 5.32 Å². The Labute approximate surface area is 108 Å². The van der Waals surface area contributed by atoms with Crippen LogP contribution in [0.4, 0.5) is 0 Å². The number of morpholine rings is 1. The average molecular weight is 254 g/mol. The molecule has 0 aromatic carbocycles. The summed E-state index contributed by atoms with van der Waals surface area (Å²) in [5, 5.41) is 5.66. The number of nitrogens with zero attached hydrogens (tertiary/aromatic N) is 1. The molecule has 2 atom stereocenters. The molecule has 3 nitrogen and oxygen atoms in total. The number of nitrogens with one attached hydrogen (secondary N) is 1. The van der Waals surface area contributed by atoms with Crippen molar-refractivity contribution in [2.75, 3.05) is 26.2 Å². The van der Waals surface area contributed by atoms with E-state index < -0.39 is 0 Å². The van der Waals surface area contributed by atoms with Gasteiger partial charge in [-0.2, -0.15) is 0 Å². The molecule has 17 heavy (non-hydrogen) atoms. The van der Waals surface area contributed by atoms with E-state index in [1.54, 1.807) is 0 Å². The molecule has 1 aromatic rings. The van der Waals surface area contributed by atoms with E-state index in [4.69, 9.17) is 4.74 Å².